The molecule has 0 spiro atoms. The minimum atomic E-state index is -0.912. The fraction of sp³-hybridized carbons (Fsp3) is 0.133. The summed E-state index contributed by atoms with van der Waals surface area (Å²) < 4.78 is 58.1. The third-order valence-electron chi connectivity index (χ3n) is 2.73. The van der Waals surface area contributed by atoms with E-state index in [1.54, 1.807) is 6.07 Å². The van der Waals surface area contributed by atoms with Crippen molar-refractivity contribution in [2.45, 2.75) is 0 Å². The molecule has 3 nitrogen and oxygen atoms in total. The van der Waals surface area contributed by atoms with Crippen LogP contribution in [0.5, 0.6) is 5.75 Å². The first-order valence-corrected chi connectivity index (χ1v) is 6.22. The molecular formula is C15H10F4N2O. The van der Waals surface area contributed by atoms with Gasteiger partial charge in [-0.3, -0.25) is 0 Å². The molecule has 0 heterocycles. The Hall–Kier alpha value is -2.75. The van der Waals surface area contributed by atoms with Crippen molar-refractivity contribution in [2.24, 2.45) is 0 Å². The molecule has 1 N–H and O–H groups in total. The monoisotopic (exact) mass is 310 g/mol. The molecule has 7 heteroatoms. The molecule has 114 valence electrons. The van der Waals surface area contributed by atoms with Crippen molar-refractivity contribution < 1.29 is 22.3 Å². The Bertz CT molecular complexity index is 705. The summed E-state index contributed by atoms with van der Waals surface area (Å²) in [6.07, 6.45) is 0. The molecule has 0 fully saturated rings. The van der Waals surface area contributed by atoms with E-state index in [2.05, 4.69) is 5.32 Å². The lowest BCUT2D eigenvalue weighted by atomic mass is 10.2. The van der Waals surface area contributed by atoms with Gasteiger partial charge in [0, 0.05) is 12.6 Å². The van der Waals surface area contributed by atoms with E-state index in [1.165, 1.54) is 0 Å². The summed E-state index contributed by atoms with van der Waals surface area (Å²) in [5, 5.41) is 11.0. The van der Waals surface area contributed by atoms with Crippen LogP contribution in [0.3, 0.4) is 0 Å². The Balaban J connectivity index is 1.93. The Kier molecular flexibility index (Phi) is 4.84. The fourth-order valence-electron chi connectivity index (χ4n) is 1.74. The van der Waals surface area contributed by atoms with Gasteiger partial charge in [0.2, 0.25) is 0 Å². The number of nitrogens with zero attached hydrogens (tertiary/aromatic N) is 1. The number of rotatable bonds is 5. The van der Waals surface area contributed by atoms with E-state index in [-0.39, 0.29) is 24.5 Å². The second-order valence-corrected chi connectivity index (χ2v) is 4.28. The number of halogens is 4. The van der Waals surface area contributed by atoms with Crippen LogP contribution in [0.4, 0.5) is 23.2 Å². The number of anilines is 1. The zero-order chi connectivity index (χ0) is 16.1. The van der Waals surface area contributed by atoms with Crippen molar-refractivity contribution in [2.75, 3.05) is 18.5 Å². The van der Waals surface area contributed by atoms with Crippen LogP contribution >= 0.6 is 0 Å². The van der Waals surface area contributed by atoms with E-state index >= 15 is 0 Å². The molecule has 0 radical (unpaired) electrons. The molecule has 2 aromatic carbocycles. The molecule has 2 aromatic rings. The zero-order valence-corrected chi connectivity index (χ0v) is 11.2. The molecule has 2 rings (SSSR count). The van der Waals surface area contributed by atoms with Crippen molar-refractivity contribution in [3.05, 3.63) is 59.2 Å². The Morgan fingerprint density at radius 2 is 1.68 bits per heavy atom. The van der Waals surface area contributed by atoms with Crippen LogP contribution < -0.4 is 10.1 Å². The van der Waals surface area contributed by atoms with Crippen LogP contribution in [0.1, 0.15) is 5.56 Å². The maximum Gasteiger partial charge on any atom is 0.167 e. The van der Waals surface area contributed by atoms with Gasteiger partial charge < -0.3 is 10.1 Å². The summed E-state index contributed by atoms with van der Waals surface area (Å²) in [6.45, 7) is -0.113. The number of hydrogen-bond donors (Lipinski definition) is 1. The maximum atomic E-state index is 13.6. The quantitative estimate of drug-likeness (QED) is 0.678. The summed E-state index contributed by atoms with van der Waals surface area (Å²) in [7, 11) is 0. The number of nitriles is 1. The van der Waals surface area contributed by atoms with E-state index < -0.39 is 29.0 Å². The first-order chi connectivity index (χ1) is 10.5. The highest BCUT2D eigenvalue weighted by Crippen LogP contribution is 2.21. The molecule has 0 aliphatic heterocycles. The number of nitrogens with one attached hydrogen (secondary N) is 1. The van der Waals surface area contributed by atoms with E-state index in [9.17, 15) is 17.6 Å². The van der Waals surface area contributed by atoms with Crippen molar-refractivity contribution in [1.82, 2.24) is 0 Å². The smallest absolute Gasteiger partial charge is 0.167 e. The second kappa shape index (κ2) is 6.80. The molecule has 0 aliphatic rings. The van der Waals surface area contributed by atoms with Gasteiger partial charge in [0.1, 0.15) is 18.1 Å². The van der Waals surface area contributed by atoms with E-state index in [4.69, 9.17) is 10.00 Å². The van der Waals surface area contributed by atoms with Gasteiger partial charge >= 0.3 is 0 Å². The second-order valence-electron chi connectivity index (χ2n) is 4.28. The van der Waals surface area contributed by atoms with E-state index in [0.29, 0.717) is 6.07 Å². The summed E-state index contributed by atoms with van der Waals surface area (Å²) >= 11 is 0. The third kappa shape index (κ3) is 3.67. The van der Waals surface area contributed by atoms with Gasteiger partial charge in [0.25, 0.3) is 0 Å². The SMILES string of the molecule is N#Cc1cc(F)c(NCCOc2ccc(F)cc2F)c(F)c1. The number of benzene rings is 2. The molecule has 0 saturated carbocycles. The first kappa shape index (κ1) is 15.6. The molecular weight excluding hydrogens is 300 g/mol. The highest BCUT2D eigenvalue weighted by atomic mass is 19.1. The normalized spacial score (nSPS) is 10.1. The standard InChI is InChI=1S/C15H10F4N2O/c16-10-1-2-14(11(17)7-10)22-4-3-21-15-12(18)5-9(8-20)6-13(15)19/h1-2,5-7,21H,3-4H2. The highest BCUT2D eigenvalue weighted by molar-refractivity contribution is 5.50. The zero-order valence-electron chi connectivity index (χ0n) is 11.2. The molecule has 0 saturated heterocycles. The molecule has 0 atom stereocenters. The average molecular weight is 310 g/mol. The number of hydrogen-bond acceptors (Lipinski definition) is 3. The van der Waals surface area contributed by atoms with Crippen molar-refractivity contribution >= 4 is 5.69 Å². The Labute approximate surface area is 123 Å². The van der Waals surface area contributed by atoms with Gasteiger partial charge in [-0.1, -0.05) is 0 Å². The summed E-state index contributed by atoms with van der Waals surface area (Å²) in [4.78, 5) is 0. The lowest BCUT2D eigenvalue weighted by Crippen LogP contribution is -2.14. The topological polar surface area (TPSA) is 45.0 Å². The van der Waals surface area contributed by atoms with Crippen LogP contribution in [0.25, 0.3) is 0 Å². The van der Waals surface area contributed by atoms with Crippen LogP contribution in [0.2, 0.25) is 0 Å². The average Bonchev–Trinajstić information content (AvgIpc) is 2.47. The molecule has 0 aliphatic carbocycles. The molecule has 0 amide bonds. The molecule has 0 bridgehead atoms. The lowest BCUT2D eigenvalue weighted by molar-refractivity contribution is 0.313. The van der Waals surface area contributed by atoms with Gasteiger partial charge in [-0.15, -0.1) is 0 Å². The predicted molar refractivity (Wildman–Crippen MR) is 71.4 cm³/mol. The fourth-order valence-corrected chi connectivity index (χ4v) is 1.74. The Morgan fingerprint density at radius 1 is 1.00 bits per heavy atom. The van der Waals surface area contributed by atoms with Crippen LogP contribution in [-0.4, -0.2) is 13.2 Å². The van der Waals surface area contributed by atoms with Gasteiger partial charge in [0.15, 0.2) is 23.2 Å². The molecule has 0 aromatic heterocycles. The first-order valence-electron chi connectivity index (χ1n) is 6.22. The predicted octanol–water partition coefficient (Wildman–Crippen LogP) is 3.61. The van der Waals surface area contributed by atoms with Gasteiger partial charge in [-0.2, -0.15) is 5.26 Å². The van der Waals surface area contributed by atoms with Gasteiger partial charge in [-0.25, -0.2) is 17.6 Å². The summed E-state index contributed by atoms with van der Waals surface area (Å²) in [6, 6.07) is 6.24. The molecule has 0 unspecified atom stereocenters. The van der Waals surface area contributed by atoms with Gasteiger partial charge in [0.05, 0.1) is 11.6 Å². The number of ether oxygens (including phenoxy) is 1. The third-order valence-corrected chi connectivity index (χ3v) is 2.73. The minimum Gasteiger partial charge on any atom is -0.489 e. The van der Waals surface area contributed by atoms with E-state index in [0.717, 1.165) is 24.3 Å². The van der Waals surface area contributed by atoms with E-state index in [1.807, 2.05) is 0 Å². The van der Waals surface area contributed by atoms with Gasteiger partial charge in [-0.05, 0) is 24.3 Å². The van der Waals surface area contributed by atoms with Crippen LogP contribution in [-0.2, 0) is 0 Å². The van der Waals surface area contributed by atoms with Crippen molar-refractivity contribution in [3.8, 4) is 11.8 Å². The van der Waals surface area contributed by atoms with Crippen LogP contribution in [0, 0.1) is 34.6 Å². The van der Waals surface area contributed by atoms with Crippen molar-refractivity contribution in [1.29, 1.82) is 5.26 Å². The summed E-state index contributed by atoms with van der Waals surface area (Å²) in [5.41, 5.74) is -0.535. The Morgan fingerprint density at radius 3 is 2.27 bits per heavy atom. The largest absolute Gasteiger partial charge is 0.489 e. The molecule has 22 heavy (non-hydrogen) atoms. The van der Waals surface area contributed by atoms with Crippen LogP contribution in [0.15, 0.2) is 30.3 Å². The highest BCUT2D eigenvalue weighted by Gasteiger charge is 2.11. The van der Waals surface area contributed by atoms with Crippen molar-refractivity contribution in [3.63, 3.8) is 0 Å². The maximum absolute atomic E-state index is 13.6. The summed E-state index contributed by atoms with van der Waals surface area (Å²) in [5.74, 6) is -3.58. The lowest BCUT2D eigenvalue weighted by Gasteiger charge is -2.11. The minimum absolute atomic E-state index is 0.0173.